The zero-order valence-electron chi connectivity index (χ0n) is 14.9. The van der Waals surface area contributed by atoms with Crippen molar-refractivity contribution >= 4 is 5.78 Å². The number of aromatic amines is 1. The van der Waals surface area contributed by atoms with Crippen molar-refractivity contribution < 1.29 is 31.5 Å². The molecule has 0 spiro atoms. The molecule has 0 bridgehead atoms. The average Bonchev–Trinajstić information content (AvgIpc) is 3.07. The lowest BCUT2D eigenvalue weighted by molar-refractivity contribution is -0.275. The largest absolute Gasteiger partial charge is 0.573 e. The van der Waals surface area contributed by atoms with E-state index in [2.05, 4.69) is 19.7 Å². The van der Waals surface area contributed by atoms with E-state index in [1.807, 2.05) is 0 Å². The predicted octanol–water partition coefficient (Wildman–Crippen LogP) is 4.69. The Hall–Kier alpha value is -3.30. The van der Waals surface area contributed by atoms with Crippen molar-refractivity contribution in [2.24, 2.45) is 0 Å². The highest BCUT2D eigenvalue weighted by molar-refractivity contribution is 5.93. The van der Waals surface area contributed by atoms with Gasteiger partial charge in [-0.1, -0.05) is 6.07 Å². The standard InChI is InChI=1S/C19H14F5N3O2/c1-10-9-26-18(27-10)15(28)8-12(17-13(20)3-2-6-25-17)11-4-5-16(14(21)7-11)29-19(22,23)24/h2-7,9,12H,8H2,1H3,(H,26,27)/t12-/m0/s1. The first-order chi connectivity index (χ1) is 13.6. The first kappa shape index (κ1) is 20.4. The summed E-state index contributed by atoms with van der Waals surface area (Å²) in [5, 5.41) is 0. The second-order valence-corrected chi connectivity index (χ2v) is 6.20. The molecule has 5 nitrogen and oxygen atoms in total. The van der Waals surface area contributed by atoms with Crippen LogP contribution < -0.4 is 4.74 Å². The van der Waals surface area contributed by atoms with Crippen LogP contribution in [0.5, 0.6) is 5.75 Å². The van der Waals surface area contributed by atoms with E-state index < -0.39 is 35.4 Å². The third-order valence-corrected chi connectivity index (χ3v) is 4.06. The van der Waals surface area contributed by atoms with Crippen molar-refractivity contribution in [3.63, 3.8) is 0 Å². The van der Waals surface area contributed by atoms with Crippen LogP contribution in [0.25, 0.3) is 0 Å². The Morgan fingerprint density at radius 2 is 1.93 bits per heavy atom. The van der Waals surface area contributed by atoms with Crippen LogP contribution in [0.15, 0.2) is 42.7 Å². The van der Waals surface area contributed by atoms with Crippen LogP contribution in [0.1, 0.15) is 39.9 Å². The molecule has 0 saturated carbocycles. The number of aromatic nitrogens is 3. The zero-order valence-corrected chi connectivity index (χ0v) is 14.9. The number of halogens is 5. The van der Waals surface area contributed by atoms with E-state index in [1.165, 1.54) is 18.5 Å². The monoisotopic (exact) mass is 411 g/mol. The molecule has 3 aromatic rings. The van der Waals surface area contributed by atoms with E-state index in [-0.39, 0.29) is 23.5 Å². The number of carbonyl (C=O) groups is 1. The van der Waals surface area contributed by atoms with Gasteiger partial charge in [0.15, 0.2) is 23.2 Å². The molecule has 0 aliphatic heterocycles. The fraction of sp³-hybridized carbons (Fsp3) is 0.211. The first-order valence-corrected chi connectivity index (χ1v) is 8.34. The van der Waals surface area contributed by atoms with Gasteiger partial charge in [0.25, 0.3) is 0 Å². The molecule has 0 amide bonds. The molecule has 0 unspecified atom stereocenters. The Morgan fingerprint density at radius 1 is 1.17 bits per heavy atom. The van der Waals surface area contributed by atoms with E-state index in [0.717, 1.165) is 24.3 Å². The number of benzene rings is 1. The number of pyridine rings is 1. The molecule has 3 rings (SSSR count). The van der Waals surface area contributed by atoms with Gasteiger partial charge in [-0.2, -0.15) is 0 Å². The Balaban J connectivity index is 1.98. The fourth-order valence-corrected chi connectivity index (χ4v) is 2.80. The number of ketones is 1. The molecule has 0 saturated heterocycles. The number of hydrogen-bond acceptors (Lipinski definition) is 4. The number of H-pyrrole nitrogens is 1. The van der Waals surface area contributed by atoms with Gasteiger partial charge in [0.05, 0.1) is 5.69 Å². The number of nitrogens with zero attached hydrogens (tertiary/aromatic N) is 2. The second kappa shape index (κ2) is 7.98. The highest BCUT2D eigenvalue weighted by Gasteiger charge is 2.33. The third-order valence-electron chi connectivity index (χ3n) is 4.06. The summed E-state index contributed by atoms with van der Waals surface area (Å²) in [5.41, 5.74) is 0.549. The Labute approximate surface area is 161 Å². The number of alkyl halides is 3. The summed E-state index contributed by atoms with van der Waals surface area (Å²) in [5.74, 6) is -4.59. The highest BCUT2D eigenvalue weighted by atomic mass is 19.4. The van der Waals surface area contributed by atoms with E-state index in [9.17, 15) is 26.7 Å². The summed E-state index contributed by atoms with van der Waals surface area (Å²) < 4.78 is 69.2. The summed E-state index contributed by atoms with van der Waals surface area (Å²) >= 11 is 0. The summed E-state index contributed by atoms with van der Waals surface area (Å²) in [6.45, 7) is 1.69. The highest BCUT2D eigenvalue weighted by Crippen LogP contribution is 2.33. The zero-order chi connectivity index (χ0) is 21.2. The van der Waals surface area contributed by atoms with Gasteiger partial charge >= 0.3 is 6.36 Å². The second-order valence-electron chi connectivity index (χ2n) is 6.20. The molecule has 29 heavy (non-hydrogen) atoms. The van der Waals surface area contributed by atoms with Crippen molar-refractivity contribution in [1.82, 2.24) is 15.0 Å². The van der Waals surface area contributed by atoms with Gasteiger partial charge in [0.1, 0.15) is 5.82 Å². The maximum Gasteiger partial charge on any atom is 0.573 e. The molecule has 1 N–H and O–H groups in total. The number of rotatable bonds is 6. The van der Waals surface area contributed by atoms with Crippen LogP contribution in [0.2, 0.25) is 0 Å². The predicted molar refractivity (Wildman–Crippen MR) is 91.4 cm³/mol. The average molecular weight is 411 g/mol. The van der Waals surface area contributed by atoms with Crippen LogP contribution in [-0.2, 0) is 0 Å². The molecule has 10 heteroatoms. The minimum absolute atomic E-state index is 0.0290. The van der Waals surface area contributed by atoms with Crippen molar-refractivity contribution in [1.29, 1.82) is 0 Å². The number of carbonyl (C=O) groups excluding carboxylic acids is 1. The molecule has 0 aliphatic rings. The van der Waals surface area contributed by atoms with Gasteiger partial charge in [-0.15, -0.1) is 13.2 Å². The van der Waals surface area contributed by atoms with E-state index in [4.69, 9.17) is 0 Å². The molecule has 0 aliphatic carbocycles. The van der Waals surface area contributed by atoms with Gasteiger partial charge in [0.2, 0.25) is 0 Å². The smallest absolute Gasteiger partial charge is 0.403 e. The first-order valence-electron chi connectivity index (χ1n) is 8.34. The van der Waals surface area contributed by atoms with Crippen LogP contribution in [0, 0.1) is 18.6 Å². The van der Waals surface area contributed by atoms with Gasteiger partial charge in [-0.25, -0.2) is 13.8 Å². The van der Waals surface area contributed by atoms with Crippen molar-refractivity contribution in [2.75, 3.05) is 0 Å². The lowest BCUT2D eigenvalue weighted by Gasteiger charge is -2.18. The van der Waals surface area contributed by atoms with Crippen molar-refractivity contribution in [3.8, 4) is 5.75 Å². The number of imidazole rings is 1. The minimum atomic E-state index is -5.07. The van der Waals surface area contributed by atoms with Crippen LogP contribution in [-0.4, -0.2) is 27.1 Å². The SMILES string of the molecule is Cc1cnc(C(=O)C[C@@H](c2ccc(OC(F)(F)F)c(F)c2)c2ncccc2F)[nH]1. The number of Topliss-reactive ketones (excluding diaryl/α,β-unsaturated/α-hetero) is 1. The topological polar surface area (TPSA) is 67.9 Å². The number of ether oxygens (including phenoxy) is 1. The van der Waals surface area contributed by atoms with Crippen molar-refractivity contribution in [2.45, 2.75) is 25.6 Å². The molecular weight excluding hydrogens is 397 g/mol. The Kier molecular flexibility index (Phi) is 5.62. The van der Waals surface area contributed by atoms with Crippen molar-refractivity contribution in [3.05, 3.63) is 77.1 Å². The van der Waals surface area contributed by atoms with Crippen LogP contribution in [0.3, 0.4) is 0 Å². The quantitative estimate of drug-likeness (QED) is 0.472. The van der Waals surface area contributed by atoms with Gasteiger partial charge in [0, 0.05) is 30.4 Å². The summed E-state index contributed by atoms with van der Waals surface area (Å²) in [6, 6.07) is 5.13. The van der Waals surface area contributed by atoms with E-state index in [0.29, 0.717) is 5.69 Å². The number of hydrogen-bond donors (Lipinski definition) is 1. The lowest BCUT2D eigenvalue weighted by atomic mass is 9.89. The van der Waals surface area contributed by atoms with Gasteiger partial charge in [-0.05, 0) is 36.8 Å². The molecule has 2 aromatic heterocycles. The summed E-state index contributed by atoms with van der Waals surface area (Å²) in [7, 11) is 0. The summed E-state index contributed by atoms with van der Waals surface area (Å²) in [4.78, 5) is 23.1. The molecule has 152 valence electrons. The van der Waals surface area contributed by atoms with E-state index >= 15 is 0 Å². The molecule has 0 radical (unpaired) electrons. The normalized spacial score (nSPS) is 12.6. The molecule has 1 atom stereocenters. The summed E-state index contributed by atoms with van der Waals surface area (Å²) in [6.07, 6.45) is -2.67. The third kappa shape index (κ3) is 4.95. The minimum Gasteiger partial charge on any atom is -0.403 e. The maximum absolute atomic E-state index is 14.3. The van der Waals surface area contributed by atoms with Crippen LogP contribution >= 0.6 is 0 Å². The fourth-order valence-electron chi connectivity index (χ4n) is 2.80. The molecular formula is C19H14F5N3O2. The molecule has 1 aromatic carbocycles. The van der Waals surface area contributed by atoms with Gasteiger partial charge < -0.3 is 9.72 Å². The molecule has 0 fully saturated rings. The van der Waals surface area contributed by atoms with Gasteiger partial charge in [-0.3, -0.25) is 9.78 Å². The van der Waals surface area contributed by atoms with Crippen LogP contribution in [0.4, 0.5) is 22.0 Å². The number of nitrogens with one attached hydrogen (secondary N) is 1. The maximum atomic E-state index is 14.3. The lowest BCUT2D eigenvalue weighted by Crippen LogP contribution is -2.18. The van der Waals surface area contributed by atoms with E-state index in [1.54, 1.807) is 6.92 Å². The Bertz CT molecular complexity index is 1030. The number of aryl methyl sites for hydroxylation is 1. The Morgan fingerprint density at radius 3 is 2.52 bits per heavy atom. The molecule has 2 heterocycles.